The Morgan fingerprint density at radius 2 is 1.86 bits per heavy atom. The smallest absolute Gasteiger partial charge is 0.325 e. The summed E-state index contributed by atoms with van der Waals surface area (Å²) in [6.45, 7) is 1.38. The van der Waals surface area contributed by atoms with Crippen molar-refractivity contribution in [3.05, 3.63) is 24.3 Å². The average molecular weight is 403 g/mol. The van der Waals surface area contributed by atoms with Gasteiger partial charge in [-0.05, 0) is 44.0 Å². The molecule has 3 rings (SSSR count). The van der Waals surface area contributed by atoms with Gasteiger partial charge >= 0.3 is 12.0 Å². The molecule has 2 N–H and O–H groups in total. The standard InChI is InChI=1S/C20H25N3O6/c1-13(17(25)21-14-5-7-15(28-2)8-6-14)29-16(24)9-12-23-18(26)20(22-19(23)27)10-3-4-11-20/h5-8,13H,3-4,9-12H2,1-2H3,(H,21,25)(H,22,27)/t13-/m1/s1. The quantitative estimate of drug-likeness (QED) is 0.530. The normalized spacial score (nSPS) is 18.5. The van der Waals surface area contributed by atoms with Crippen molar-refractivity contribution in [2.45, 2.75) is 50.7 Å². The molecule has 0 bridgehead atoms. The highest BCUT2D eigenvalue weighted by atomic mass is 16.5. The summed E-state index contributed by atoms with van der Waals surface area (Å²) in [7, 11) is 1.54. The molecule has 1 aliphatic heterocycles. The number of ether oxygens (including phenoxy) is 2. The molecule has 0 unspecified atom stereocenters. The van der Waals surface area contributed by atoms with Gasteiger partial charge in [0.25, 0.3) is 11.8 Å². The van der Waals surface area contributed by atoms with Crippen molar-refractivity contribution >= 4 is 29.5 Å². The minimum atomic E-state index is -1.02. The third-order valence-electron chi connectivity index (χ3n) is 5.28. The van der Waals surface area contributed by atoms with Crippen LogP contribution in [0.5, 0.6) is 5.75 Å². The largest absolute Gasteiger partial charge is 0.497 e. The molecule has 1 aromatic rings. The van der Waals surface area contributed by atoms with Crippen molar-refractivity contribution in [3.8, 4) is 5.75 Å². The summed E-state index contributed by atoms with van der Waals surface area (Å²) in [5, 5.41) is 5.40. The van der Waals surface area contributed by atoms with Crippen LogP contribution in [0.15, 0.2) is 24.3 Å². The fourth-order valence-electron chi connectivity index (χ4n) is 3.63. The summed E-state index contributed by atoms with van der Waals surface area (Å²) in [5.74, 6) is -0.765. The lowest BCUT2D eigenvalue weighted by atomic mass is 9.98. The molecule has 1 atom stereocenters. The zero-order chi connectivity index (χ0) is 21.0. The number of methoxy groups -OCH3 is 1. The molecule has 1 aromatic carbocycles. The average Bonchev–Trinajstić information content (AvgIpc) is 3.26. The van der Waals surface area contributed by atoms with Crippen molar-refractivity contribution in [1.82, 2.24) is 10.2 Å². The molecule has 9 heteroatoms. The lowest BCUT2D eigenvalue weighted by molar-refractivity contribution is -0.153. The van der Waals surface area contributed by atoms with Crippen molar-refractivity contribution in [1.29, 1.82) is 0 Å². The van der Waals surface area contributed by atoms with Crippen LogP contribution in [0.2, 0.25) is 0 Å². The molecule has 2 fully saturated rings. The second-order valence-corrected chi connectivity index (χ2v) is 7.28. The second-order valence-electron chi connectivity index (χ2n) is 7.28. The van der Waals surface area contributed by atoms with E-state index >= 15 is 0 Å². The fraction of sp³-hybridized carbons (Fsp3) is 0.500. The number of carbonyl (C=O) groups excluding carboxylic acids is 4. The molecule has 1 aliphatic carbocycles. The summed E-state index contributed by atoms with van der Waals surface area (Å²) in [6, 6.07) is 6.25. The molecule has 1 spiro atoms. The maximum absolute atomic E-state index is 12.5. The Morgan fingerprint density at radius 3 is 2.48 bits per heavy atom. The highest BCUT2D eigenvalue weighted by Gasteiger charge is 2.52. The van der Waals surface area contributed by atoms with Gasteiger partial charge in [0.1, 0.15) is 11.3 Å². The van der Waals surface area contributed by atoms with E-state index in [0.717, 1.165) is 17.7 Å². The van der Waals surface area contributed by atoms with E-state index in [1.54, 1.807) is 31.4 Å². The Kier molecular flexibility index (Phi) is 6.05. The van der Waals surface area contributed by atoms with E-state index < -0.39 is 29.6 Å². The number of hydrogen-bond donors (Lipinski definition) is 2. The van der Waals surface area contributed by atoms with E-state index in [0.29, 0.717) is 24.3 Å². The highest BCUT2D eigenvalue weighted by molar-refractivity contribution is 6.07. The Labute approximate surface area is 168 Å². The second kappa shape index (κ2) is 8.50. The van der Waals surface area contributed by atoms with Crippen LogP contribution in [-0.2, 0) is 19.1 Å². The monoisotopic (exact) mass is 403 g/mol. The number of urea groups is 1. The van der Waals surface area contributed by atoms with Crippen molar-refractivity contribution in [2.75, 3.05) is 19.0 Å². The van der Waals surface area contributed by atoms with Gasteiger partial charge in [-0.3, -0.25) is 19.3 Å². The van der Waals surface area contributed by atoms with E-state index in [1.165, 1.54) is 6.92 Å². The van der Waals surface area contributed by atoms with Gasteiger partial charge < -0.3 is 20.1 Å². The number of anilines is 1. The summed E-state index contributed by atoms with van der Waals surface area (Å²) in [6.07, 6.45) is 1.84. The summed E-state index contributed by atoms with van der Waals surface area (Å²) >= 11 is 0. The van der Waals surface area contributed by atoms with Crippen LogP contribution in [0.4, 0.5) is 10.5 Å². The van der Waals surface area contributed by atoms with E-state index in [4.69, 9.17) is 9.47 Å². The van der Waals surface area contributed by atoms with Crippen LogP contribution >= 0.6 is 0 Å². The topological polar surface area (TPSA) is 114 Å². The first kappa shape index (κ1) is 20.6. The molecule has 0 aromatic heterocycles. The molecule has 1 saturated carbocycles. The van der Waals surface area contributed by atoms with Crippen molar-refractivity contribution < 1.29 is 28.7 Å². The maximum Gasteiger partial charge on any atom is 0.325 e. The van der Waals surface area contributed by atoms with E-state index in [2.05, 4.69) is 10.6 Å². The van der Waals surface area contributed by atoms with Gasteiger partial charge in [0.05, 0.1) is 13.5 Å². The number of rotatable bonds is 7. The van der Waals surface area contributed by atoms with Crippen LogP contribution in [-0.4, -0.2) is 54.0 Å². The molecule has 9 nitrogen and oxygen atoms in total. The first-order chi connectivity index (χ1) is 13.8. The molecule has 1 saturated heterocycles. The van der Waals surface area contributed by atoms with E-state index in [-0.39, 0.29) is 18.9 Å². The molecule has 2 aliphatic rings. The molecule has 156 valence electrons. The number of esters is 1. The summed E-state index contributed by atoms with van der Waals surface area (Å²) < 4.78 is 10.2. The Balaban J connectivity index is 1.46. The number of amides is 4. The predicted octanol–water partition coefficient (Wildman–Crippen LogP) is 1.82. The third kappa shape index (κ3) is 4.49. The van der Waals surface area contributed by atoms with Gasteiger partial charge in [0.15, 0.2) is 6.10 Å². The Hall–Kier alpha value is -3.10. The summed E-state index contributed by atoms with van der Waals surface area (Å²) in [5.41, 5.74) is -0.258. The lowest BCUT2D eigenvalue weighted by Crippen LogP contribution is -2.44. The number of carbonyl (C=O) groups is 4. The Bertz CT molecular complexity index is 801. The zero-order valence-corrected chi connectivity index (χ0v) is 16.5. The van der Waals surface area contributed by atoms with Gasteiger partial charge in [0.2, 0.25) is 0 Å². The zero-order valence-electron chi connectivity index (χ0n) is 16.5. The van der Waals surface area contributed by atoms with Crippen LogP contribution in [0, 0.1) is 0 Å². The van der Waals surface area contributed by atoms with Crippen LogP contribution in [0.1, 0.15) is 39.0 Å². The molecule has 1 heterocycles. The molecular weight excluding hydrogens is 378 g/mol. The van der Waals surface area contributed by atoms with E-state index in [1.807, 2.05) is 0 Å². The van der Waals surface area contributed by atoms with Gasteiger partial charge in [-0.15, -0.1) is 0 Å². The first-order valence-electron chi connectivity index (χ1n) is 9.63. The van der Waals surface area contributed by atoms with Crippen molar-refractivity contribution in [3.63, 3.8) is 0 Å². The van der Waals surface area contributed by atoms with Gasteiger partial charge in [-0.25, -0.2) is 4.79 Å². The fourth-order valence-corrected chi connectivity index (χ4v) is 3.63. The third-order valence-corrected chi connectivity index (χ3v) is 5.28. The minimum Gasteiger partial charge on any atom is -0.497 e. The molecule has 0 radical (unpaired) electrons. The van der Waals surface area contributed by atoms with E-state index in [9.17, 15) is 19.2 Å². The number of hydrogen-bond acceptors (Lipinski definition) is 6. The molecular formula is C20H25N3O6. The van der Waals surface area contributed by atoms with Gasteiger partial charge in [0, 0.05) is 12.2 Å². The minimum absolute atomic E-state index is 0.0714. The number of imide groups is 1. The number of benzene rings is 1. The number of nitrogens with one attached hydrogen (secondary N) is 2. The maximum atomic E-state index is 12.5. The molecule has 4 amide bonds. The SMILES string of the molecule is COc1ccc(NC(=O)[C@@H](C)OC(=O)CCN2C(=O)NC3(CCCC3)C2=O)cc1. The van der Waals surface area contributed by atoms with Gasteiger partial charge in [-0.1, -0.05) is 12.8 Å². The van der Waals surface area contributed by atoms with Crippen molar-refractivity contribution in [2.24, 2.45) is 0 Å². The number of nitrogens with zero attached hydrogens (tertiary/aromatic N) is 1. The predicted molar refractivity (Wildman–Crippen MR) is 103 cm³/mol. The lowest BCUT2D eigenvalue weighted by Gasteiger charge is -2.20. The first-order valence-corrected chi connectivity index (χ1v) is 9.63. The van der Waals surface area contributed by atoms with Crippen LogP contribution in [0.3, 0.4) is 0 Å². The highest BCUT2D eigenvalue weighted by Crippen LogP contribution is 2.35. The summed E-state index contributed by atoms with van der Waals surface area (Å²) in [4.78, 5) is 50.0. The van der Waals surface area contributed by atoms with Gasteiger partial charge in [-0.2, -0.15) is 0 Å². The Morgan fingerprint density at radius 1 is 1.21 bits per heavy atom. The van der Waals surface area contributed by atoms with Crippen LogP contribution in [0.25, 0.3) is 0 Å². The van der Waals surface area contributed by atoms with Crippen LogP contribution < -0.4 is 15.4 Å². The molecule has 29 heavy (non-hydrogen) atoms.